The first-order chi connectivity index (χ1) is 6.65. The lowest BCUT2D eigenvalue weighted by Gasteiger charge is -2.13. The van der Waals surface area contributed by atoms with Gasteiger partial charge >= 0.3 is 0 Å². The molecule has 1 heterocycles. The number of hydrogen-bond acceptors (Lipinski definition) is 3. The Morgan fingerprint density at radius 3 is 2.87 bits per heavy atom. The Kier molecular flexibility index (Phi) is 5.70. The van der Waals surface area contributed by atoms with E-state index in [0.29, 0.717) is 11.4 Å². The van der Waals surface area contributed by atoms with Crippen LogP contribution >= 0.6 is 12.4 Å². The van der Waals surface area contributed by atoms with Gasteiger partial charge in [-0.3, -0.25) is 5.41 Å². The molecule has 3 N–H and O–H groups in total. The second-order valence-corrected chi connectivity index (χ2v) is 3.11. The fourth-order valence-corrected chi connectivity index (χ4v) is 0.964. The van der Waals surface area contributed by atoms with E-state index in [9.17, 15) is 0 Å². The lowest BCUT2D eigenvalue weighted by atomic mass is 10.2. The highest BCUT2D eigenvalue weighted by Gasteiger charge is 2.09. The van der Waals surface area contributed by atoms with Crippen molar-refractivity contribution in [3.8, 4) is 5.88 Å². The summed E-state index contributed by atoms with van der Waals surface area (Å²) in [5.41, 5.74) is 5.94. The fraction of sp³-hybridized carbons (Fsp3) is 0.400. The Morgan fingerprint density at radius 1 is 1.67 bits per heavy atom. The molecule has 0 amide bonds. The number of ether oxygens (including phenoxy) is 1. The third-order valence-corrected chi connectivity index (χ3v) is 1.95. The highest BCUT2D eigenvalue weighted by molar-refractivity contribution is 5.96. The molecule has 1 rings (SSSR count). The molecule has 0 bridgehead atoms. The number of hydrogen-bond donors (Lipinski definition) is 2. The van der Waals surface area contributed by atoms with Crippen LogP contribution in [0.5, 0.6) is 5.88 Å². The summed E-state index contributed by atoms with van der Waals surface area (Å²) in [7, 11) is 0. The van der Waals surface area contributed by atoms with Gasteiger partial charge in [0, 0.05) is 6.20 Å². The fourth-order valence-electron chi connectivity index (χ4n) is 0.964. The van der Waals surface area contributed by atoms with Gasteiger partial charge in [0.2, 0.25) is 5.88 Å². The number of nitrogens with one attached hydrogen (secondary N) is 1. The molecule has 5 heteroatoms. The number of pyridine rings is 1. The molecule has 0 aliphatic heterocycles. The molecule has 1 atom stereocenters. The van der Waals surface area contributed by atoms with Crippen LogP contribution in [0.15, 0.2) is 18.3 Å². The lowest BCUT2D eigenvalue weighted by Crippen LogP contribution is -2.17. The van der Waals surface area contributed by atoms with Gasteiger partial charge in [0.05, 0.1) is 11.7 Å². The molecule has 0 saturated heterocycles. The minimum absolute atomic E-state index is 0. The molecule has 15 heavy (non-hydrogen) atoms. The number of halogens is 1. The summed E-state index contributed by atoms with van der Waals surface area (Å²) in [6.45, 7) is 3.99. The monoisotopic (exact) mass is 229 g/mol. The predicted octanol–water partition coefficient (Wildman–Crippen LogP) is 1.96. The van der Waals surface area contributed by atoms with Crippen molar-refractivity contribution >= 4 is 18.2 Å². The van der Waals surface area contributed by atoms with Crippen LogP contribution in [-0.4, -0.2) is 16.9 Å². The summed E-state index contributed by atoms with van der Waals surface area (Å²) < 4.78 is 5.52. The van der Waals surface area contributed by atoms with E-state index in [1.807, 2.05) is 13.8 Å². The van der Waals surface area contributed by atoms with Gasteiger partial charge in [-0.2, -0.15) is 0 Å². The first-order valence-corrected chi connectivity index (χ1v) is 4.61. The van der Waals surface area contributed by atoms with Gasteiger partial charge in [-0.25, -0.2) is 4.98 Å². The number of nitrogens with two attached hydrogens (primary N) is 1. The third kappa shape index (κ3) is 3.75. The topological polar surface area (TPSA) is 72.0 Å². The molecule has 1 unspecified atom stereocenters. The average Bonchev–Trinajstić information content (AvgIpc) is 2.18. The van der Waals surface area contributed by atoms with Crippen molar-refractivity contribution in [3.63, 3.8) is 0 Å². The normalized spacial score (nSPS) is 11.3. The van der Waals surface area contributed by atoms with Gasteiger partial charge in [0.25, 0.3) is 0 Å². The van der Waals surface area contributed by atoms with E-state index in [4.69, 9.17) is 15.9 Å². The summed E-state index contributed by atoms with van der Waals surface area (Å²) in [6, 6.07) is 3.47. The van der Waals surface area contributed by atoms with Crippen LogP contribution in [0.3, 0.4) is 0 Å². The molecule has 0 fully saturated rings. The van der Waals surface area contributed by atoms with E-state index in [1.54, 1.807) is 18.3 Å². The highest BCUT2D eigenvalue weighted by Crippen LogP contribution is 2.15. The standard InChI is InChI=1S/C10H15N3O.ClH/c1-3-7(2)14-10-8(9(11)12)5-4-6-13-10;/h4-7H,3H2,1-2H3,(H3,11,12);1H. The zero-order valence-corrected chi connectivity index (χ0v) is 9.67. The Balaban J connectivity index is 0.00000196. The third-order valence-electron chi connectivity index (χ3n) is 1.95. The maximum atomic E-state index is 7.34. The SMILES string of the molecule is CCC(C)Oc1ncccc1C(=N)N.Cl. The summed E-state index contributed by atoms with van der Waals surface area (Å²) >= 11 is 0. The van der Waals surface area contributed by atoms with Crippen LogP contribution in [0.1, 0.15) is 25.8 Å². The predicted molar refractivity (Wildman–Crippen MR) is 62.9 cm³/mol. The molecule has 1 aromatic rings. The van der Waals surface area contributed by atoms with Crippen molar-refractivity contribution in [1.29, 1.82) is 5.41 Å². The van der Waals surface area contributed by atoms with Crippen LogP contribution in [0.4, 0.5) is 0 Å². The van der Waals surface area contributed by atoms with Crippen molar-refractivity contribution < 1.29 is 4.74 Å². The Morgan fingerprint density at radius 2 is 2.33 bits per heavy atom. The van der Waals surface area contributed by atoms with Crippen molar-refractivity contribution in [3.05, 3.63) is 23.9 Å². The number of aromatic nitrogens is 1. The second-order valence-electron chi connectivity index (χ2n) is 3.11. The summed E-state index contributed by atoms with van der Waals surface area (Å²) in [5.74, 6) is 0.422. The van der Waals surface area contributed by atoms with Gasteiger partial charge < -0.3 is 10.5 Å². The molecule has 0 saturated carbocycles. The van der Waals surface area contributed by atoms with E-state index in [0.717, 1.165) is 6.42 Å². The molecule has 0 aliphatic carbocycles. The molecular weight excluding hydrogens is 214 g/mol. The van der Waals surface area contributed by atoms with Crippen LogP contribution in [0.2, 0.25) is 0 Å². The molecule has 0 aromatic carbocycles. The van der Waals surface area contributed by atoms with Crippen molar-refractivity contribution in [1.82, 2.24) is 4.98 Å². The Hall–Kier alpha value is -1.29. The highest BCUT2D eigenvalue weighted by atomic mass is 35.5. The van der Waals surface area contributed by atoms with E-state index in [1.165, 1.54) is 0 Å². The zero-order valence-electron chi connectivity index (χ0n) is 8.86. The maximum absolute atomic E-state index is 7.34. The first-order valence-electron chi connectivity index (χ1n) is 4.61. The van der Waals surface area contributed by atoms with Gasteiger partial charge in [0.15, 0.2) is 0 Å². The van der Waals surface area contributed by atoms with Crippen LogP contribution in [0, 0.1) is 5.41 Å². The van der Waals surface area contributed by atoms with Gasteiger partial charge in [-0.15, -0.1) is 12.4 Å². The molecular formula is C10H16ClN3O. The van der Waals surface area contributed by atoms with Crippen molar-refractivity contribution in [2.45, 2.75) is 26.4 Å². The smallest absolute Gasteiger partial charge is 0.224 e. The molecule has 0 radical (unpaired) electrons. The van der Waals surface area contributed by atoms with Gasteiger partial charge in [-0.05, 0) is 25.5 Å². The Labute approximate surface area is 95.8 Å². The first kappa shape index (κ1) is 13.7. The van der Waals surface area contributed by atoms with E-state index >= 15 is 0 Å². The van der Waals surface area contributed by atoms with Gasteiger partial charge in [0.1, 0.15) is 5.84 Å². The van der Waals surface area contributed by atoms with Gasteiger partial charge in [-0.1, -0.05) is 6.92 Å². The van der Waals surface area contributed by atoms with Crippen LogP contribution < -0.4 is 10.5 Å². The summed E-state index contributed by atoms with van der Waals surface area (Å²) in [5, 5.41) is 7.34. The average molecular weight is 230 g/mol. The molecule has 0 aliphatic rings. The molecule has 84 valence electrons. The largest absolute Gasteiger partial charge is 0.474 e. The number of nitrogens with zero attached hydrogens (tertiary/aromatic N) is 1. The minimum Gasteiger partial charge on any atom is -0.474 e. The van der Waals surface area contributed by atoms with Crippen LogP contribution in [0.25, 0.3) is 0 Å². The van der Waals surface area contributed by atoms with Crippen LogP contribution in [-0.2, 0) is 0 Å². The summed E-state index contributed by atoms with van der Waals surface area (Å²) in [6.07, 6.45) is 2.61. The molecule has 1 aromatic heterocycles. The van der Waals surface area contributed by atoms with E-state index in [2.05, 4.69) is 4.98 Å². The molecule has 4 nitrogen and oxygen atoms in total. The molecule has 0 spiro atoms. The zero-order chi connectivity index (χ0) is 10.6. The van der Waals surface area contributed by atoms with E-state index < -0.39 is 0 Å². The Bertz CT molecular complexity index is 330. The number of rotatable bonds is 4. The quantitative estimate of drug-likeness (QED) is 0.613. The lowest BCUT2D eigenvalue weighted by molar-refractivity contribution is 0.208. The number of amidine groups is 1. The minimum atomic E-state index is -0.0172. The number of nitrogen functional groups attached to an aromatic ring is 1. The van der Waals surface area contributed by atoms with Crippen molar-refractivity contribution in [2.75, 3.05) is 0 Å². The van der Waals surface area contributed by atoms with E-state index in [-0.39, 0.29) is 24.3 Å². The summed E-state index contributed by atoms with van der Waals surface area (Å²) in [4.78, 5) is 4.04. The maximum Gasteiger partial charge on any atom is 0.224 e. The van der Waals surface area contributed by atoms with Crippen molar-refractivity contribution in [2.24, 2.45) is 5.73 Å². The second kappa shape index (κ2) is 6.24.